The molecule has 1 N–H and O–H groups in total. The van der Waals surface area contributed by atoms with Crippen LogP contribution in [0.4, 0.5) is 0 Å². The lowest BCUT2D eigenvalue weighted by Crippen LogP contribution is -2.47. The number of aryl methyl sites for hydroxylation is 2. The molecule has 0 saturated carbocycles. The summed E-state index contributed by atoms with van der Waals surface area (Å²) < 4.78 is 16.3. The summed E-state index contributed by atoms with van der Waals surface area (Å²) in [5.74, 6) is -1.16. The van der Waals surface area contributed by atoms with E-state index in [1.165, 1.54) is 4.90 Å². The van der Waals surface area contributed by atoms with Crippen molar-refractivity contribution < 1.29 is 33.7 Å². The molecule has 238 valence electrons. The van der Waals surface area contributed by atoms with Gasteiger partial charge in [0, 0.05) is 38.3 Å². The third kappa shape index (κ3) is 10.9. The highest BCUT2D eigenvalue weighted by molar-refractivity contribution is 7.13. The average Bonchev–Trinajstić information content (AvgIpc) is 3.58. The number of carbonyl (C=O) groups is 3. The minimum absolute atomic E-state index is 0.00708. The van der Waals surface area contributed by atoms with Crippen molar-refractivity contribution in [3.8, 4) is 10.4 Å². The van der Waals surface area contributed by atoms with Crippen LogP contribution >= 0.6 is 11.3 Å². The molecule has 3 rings (SSSR count). The van der Waals surface area contributed by atoms with Crippen molar-refractivity contribution in [2.75, 3.05) is 46.2 Å². The molecule has 0 unspecified atom stereocenters. The predicted molar refractivity (Wildman–Crippen MR) is 167 cm³/mol. The van der Waals surface area contributed by atoms with Gasteiger partial charge in [0.05, 0.1) is 54.7 Å². The smallest absolute Gasteiger partial charge is 0.227 e. The van der Waals surface area contributed by atoms with Gasteiger partial charge in [0.15, 0.2) is 11.6 Å². The normalized spacial score (nSPS) is 17.8. The maximum Gasteiger partial charge on any atom is 0.227 e. The molecule has 1 amide bonds. The fourth-order valence-electron chi connectivity index (χ4n) is 5.22. The van der Waals surface area contributed by atoms with Gasteiger partial charge in [-0.15, -0.1) is 11.3 Å². The quantitative estimate of drug-likeness (QED) is 0.241. The summed E-state index contributed by atoms with van der Waals surface area (Å²) in [6.07, 6.45) is 1.22. The number of ether oxygens (including phenoxy) is 3. The first kappa shape index (κ1) is 35.0. The van der Waals surface area contributed by atoms with E-state index in [1.807, 2.05) is 64.4 Å². The molecule has 3 atom stereocenters. The van der Waals surface area contributed by atoms with Gasteiger partial charge in [-0.25, -0.2) is 4.98 Å². The fraction of sp³-hybridized carbons (Fsp3) is 0.636. The zero-order valence-corrected chi connectivity index (χ0v) is 27.1. The van der Waals surface area contributed by atoms with Gasteiger partial charge >= 0.3 is 0 Å². The van der Waals surface area contributed by atoms with Gasteiger partial charge in [0.25, 0.3) is 0 Å². The third-order valence-electron chi connectivity index (χ3n) is 7.69. The number of Topliss-reactive ketones (excluding diaryl/α,β-unsaturated/α-hetero) is 2. The van der Waals surface area contributed by atoms with E-state index in [4.69, 9.17) is 14.2 Å². The number of aliphatic hydroxyl groups excluding tert-OH is 1. The second-order valence-corrected chi connectivity index (χ2v) is 13.1. The molecule has 9 nitrogen and oxygen atoms in total. The number of hydrogen-bond acceptors (Lipinski definition) is 9. The van der Waals surface area contributed by atoms with Gasteiger partial charge in [-0.05, 0) is 36.3 Å². The Morgan fingerprint density at radius 2 is 1.70 bits per heavy atom. The summed E-state index contributed by atoms with van der Waals surface area (Å²) in [6, 6.07) is 7.43. The Labute approximate surface area is 259 Å². The average molecular weight is 617 g/mol. The summed E-state index contributed by atoms with van der Waals surface area (Å²) in [5.41, 5.74) is 4.43. The van der Waals surface area contributed by atoms with E-state index in [-0.39, 0.29) is 56.5 Å². The van der Waals surface area contributed by atoms with Crippen LogP contribution in [0, 0.1) is 18.3 Å². The number of β-amino-alcohol motifs (C(OH)–C–C–N with tert-alkyl or cyclic N) is 1. The molecule has 43 heavy (non-hydrogen) atoms. The van der Waals surface area contributed by atoms with E-state index in [0.29, 0.717) is 32.8 Å². The third-order valence-corrected chi connectivity index (χ3v) is 8.66. The molecule has 0 spiro atoms. The van der Waals surface area contributed by atoms with Gasteiger partial charge in [-0.1, -0.05) is 52.0 Å². The topological polar surface area (TPSA) is 115 Å². The van der Waals surface area contributed by atoms with Crippen LogP contribution in [0.3, 0.4) is 0 Å². The predicted octanol–water partition coefficient (Wildman–Crippen LogP) is 4.66. The van der Waals surface area contributed by atoms with Crippen LogP contribution in [0.2, 0.25) is 0 Å². The SMILES string of the molecule is CCCOCCOCCOCC(=O)C[C@H](C(=O)N1C[C@H](O)C[C@H]1C(=O)CCc1ccc(-c2scnc2C)cc1)C(C)(C)C. The van der Waals surface area contributed by atoms with Crippen LogP contribution in [-0.4, -0.2) is 90.8 Å². The summed E-state index contributed by atoms with van der Waals surface area (Å²) >= 11 is 1.60. The van der Waals surface area contributed by atoms with Gasteiger partial charge < -0.3 is 24.2 Å². The van der Waals surface area contributed by atoms with Crippen LogP contribution in [0.1, 0.15) is 64.6 Å². The van der Waals surface area contributed by atoms with Gasteiger partial charge in [-0.2, -0.15) is 0 Å². The van der Waals surface area contributed by atoms with Crippen molar-refractivity contribution in [1.29, 1.82) is 0 Å². The summed E-state index contributed by atoms with van der Waals surface area (Å²) in [7, 11) is 0. The number of thiazole rings is 1. The van der Waals surface area contributed by atoms with Gasteiger partial charge in [-0.3, -0.25) is 14.4 Å². The molecule has 1 fully saturated rings. The number of hydrogen-bond donors (Lipinski definition) is 1. The molecule has 0 bridgehead atoms. The highest BCUT2D eigenvalue weighted by Crippen LogP contribution is 2.34. The first-order valence-corrected chi connectivity index (χ1v) is 16.1. The fourth-order valence-corrected chi connectivity index (χ4v) is 6.03. The first-order chi connectivity index (χ1) is 20.5. The molecule has 2 aromatic rings. The van der Waals surface area contributed by atoms with Crippen LogP contribution in [-0.2, 0) is 35.0 Å². The number of rotatable bonds is 18. The summed E-state index contributed by atoms with van der Waals surface area (Å²) in [5, 5.41) is 10.5. The number of aromatic nitrogens is 1. The molecule has 2 heterocycles. The Bertz CT molecular complexity index is 1170. The number of ketones is 2. The Morgan fingerprint density at radius 3 is 2.30 bits per heavy atom. The minimum Gasteiger partial charge on any atom is -0.391 e. The maximum absolute atomic E-state index is 13.8. The van der Waals surface area contributed by atoms with E-state index >= 15 is 0 Å². The molecule has 0 radical (unpaired) electrons. The largest absolute Gasteiger partial charge is 0.391 e. The van der Waals surface area contributed by atoms with E-state index in [1.54, 1.807) is 11.3 Å². The van der Waals surface area contributed by atoms with E-state index in [9.17, 15) is 19.5 Å². The number of carbonyl (C=O) groups excluding carboxylic acids is 3. The summed E-state index contributed by atoms with van der Waals surface area (Å²) in [6.45, 7) is 12.1. The molecule has 1 saturated heterocycles. The number of aliphatic hydroxyl groups is 1. The molecule has 1 aromatic heterocycles. The van der Waals surface area contributed by atoms with Crippen molar-refractivity contribution in [2.24, 2.45) is 11.3 Å². The zero-order chi connectivity index (χ0) is 31.4. The van der Waals surface area contributed by atoms with Gasteiger partial charge in [0.2, 0.25) is 5.91 Å². The highest BCUT2D eigenvalue weighted by Gasteiger charge is 2.44. The molecular weight excluding hydrogens is 568 g/mol. The van der Waals surface area contributed by atoms with Crippen LogP contribution in [0.25, 0.3) is 10.4 Å². The molecule has 0 aliphatic carbocycles. The second-order valence-electron chi connectivity index (χ2n) is 12.3. The van der Waals surface area contributed by atoms with E-state index in [2.05, 4.69) is 4.98 Å². The van der Waals surface area contributed by atoms with Gasteiger partial charge in [0.1, 0.15) is 6.61 Å². The van der Waals surface area contributed by atoms with E-state index < -0.39 is 23.5 Å². The van der Waals surface area contributed by atoms with Crippen molar-refractivity contribution in [3.05, 3.63) is 41.0 Å². The lowest BCUT2D eigenvalue weighted by atomic mass is 9.76. The number of benzene rings is 1. The minimum atomic E-state index is -0.771. The monoisotopic (exact) mass is 616 g/mol. The lowest BCUT2D eigenvalue weighted by Gasteiger charge is -2.34. The zero-order valence-electron chi connectivity index (χ0n) is 26.3. The van der Waals surface area contributed by atoms with Crippen LogP contribution in [0.5, 0.6) is 0 Å². The number of likely N-dealkylation sites (tertiary alicyclic amines) is 1. The van der Waals surface area contributed by atoms with Crippen molar-refractivity contribution in [3.63, 3.8) is 0 Å². The molecule has 1 aliphatic rings. The number of nitrogens with zero attached hydrogens (tertiary/aromatic N) is 2. The second kappa shape index (κ2) is 17.1. The molecule has 1 aliphatic heterocycles. The van der Waals surface area contributed by atoms with Crippen LogP contribution < -0.4 is 0 Å². The Hall–Kier alpha value is -2.50. The van der Waals surface area contributed by atoms with Crippen molar-refractivity contribution in [1.82, 2.24) is 9.88 Å². The van der Waals surface area contributed by atoms with Crippen LogP contribution in [0.15, 0.2) is 29.8 Å². The first-order valence-electron chi connectivity index (χ1n) is 15.3. The summed E-state index contributed by atoms with van der Waals surface area (Å²) in [4.78, 5) is 46.9. The van der Waals surface area contributed by atoms with E-state index in [0.717, 1.165) is 28.1 Å². The lowest BCUT2D eigenvalue weighted by molar-refractivity contribution is -0.146. The Balaban J connectivity index is 1.52. The molecule has 1 aromatic carbocycles. The Kier molecular flexibility index (Phi) is 13.9. The molecular formula is C33H48N2O7S. The standard InChI is InChI=1S/C33H48N2O7S/c1-6-13-40-14-15-41-16-17-42-21-27(37)18-28(33(3,4)5)32(39)35-20-26(36)19-29(35)30(38)12-9-24-7-10-25(11-8-24)31-23(2)34-22-43-31/h7-8,10-11,22,26,28-29,36H,6,9,12-21H2,1-5H3/t26-,28-,29+/m1/s1. The highest BCUT2D eigenvalue weighted by atomic mass is 32.1. The number of amides is 1. The maximum atomic E-state index is 13.8. The Morgan fingerprint density at radius 1 is 1.05 bits per heavy atom. The van der Waals surface area contributed by atoms with Crippen molar-refractivity contribution >= 4 is 28.8 Å². The van der Waals surface area contributed by atoms with Crippen molar-refractivity contribution in [2.45, 2.75) is 78.9 Å². The molecule has 10 heteroatoms.